The van der Waals surface area contributed by atoms with E-state index >= 15 is 0 Å². The summed E-state index contributed by atoms with van der Waals surface area (Å²) in [6.07, 6.45) is 1.92. The molecule has 3 rings (SSSR count). The highest BCUT2D eigenvalue weighted by atomic mass is 16.5. The Morgan fingerprint density at radius 1 is 1.04 bits per heavy atom. The first-order chi connectivity index (χ1) is 13.1. The average Bonchev–Trinajstić information content (AvgIpc) is 3.17. The standard InChI is InChI=1S/C21H21N3O3/c1-16(22-21(26)17-8-4-2-5-9-17)14-20(25)27-15-18-12-13-24(23-18)19-10-6-3-7-11-19/h2-13,16H,14-15H2,1H3,(H,22,26). The van der Waals surface area contributed by atoms with Gasteiger partial charge in [-0.3, -0.25) is 9.59 Å². The summed E-state index contributed by atoms with van der Waals surface area (Å²) in [4.78, 5) is 24.1. The Kier molecular flexibility index (Phi) is 5.99. The maximum atomic E-state index is 12.1. The molecule has 0 saturated heterocycles. The van der Waals surface area contributed by atoms with Gasteiger partial charge in [-0.15, -0.1) is 0 Å². The van der Waals surface area contributed by atoms with Gasteiger partial charge in [0, 0.05) is 17.8 Å². The first-order valence-corrected chi connectivity index (χ1v) is 8.73. The largest absolute Gasteiger partial charge is 0.459 e. The van der Waals surface area contributed by atoms with Crippen LogP contribution in [-0.4, -0.2) is 27.7 Å². The van der Waals surface area contributed by atoms with Crippen molar-refractivity contribution in [1.29, 1.82) is 0 Å². The number of carbonyl (C=O) groups is 2. The minimum Gasteiger partial charge on any atom is -0.459 e. The summed E-state index contributed by atoms with van der Waals surface area (Å²) in [6, 6.07) is 20.1. The van der Waals surface area contributed by atoms with Crippen LogP contribution in [0.15, 0.2) is 72.9 Å². The maximum Gasteiger partial charge on any atom is 0.308 e. The van der Waals surface area contributed by atoms with Gasteiger partial charge in [0.05, 0.1) is 12.1 Å². The lowest BCUT2D eigenvalue weighted by atomic mass is 10.2. The third kappa shape index (κ3) is 5.28. The molecule has 0 aliphatic carbocycles. The zero-order valence-electron chi connectivity index (χ0n) is 15.0. The second-order valence-corrected chi connectivity index (χ2v) is 6.19. The number of benzene rings is 2. The van der Waals surface area contributed by atoms with Gasteiger partial charge in [-0.25, -0.2) is 4.68 Å². The normalized spacial score (nSPS) is 11.6. The average molecular weight is 363 g/mol. The molecule has 27 heavy (non-hydrogen) atoms. The molecule has 0 fully saturated rings. The number of carbonyl (C=O) groups excluding carboxylic acids is 2. The number of nitrogens with zero attached hydrogens (tertiary/aromatic N) is 2. The van der Waals surface area contributed by atoms with Crippen LogP contribution in [0.3, 0.4) is 0 Å². The zero-order chi connectivity index (χ0) is 19.1. The predicted octanol–water partition coefficient (Wildman–Crippen LogP) is 3.12. The quantitative estimate of drug-likeness (QED) is 0.655. The molecule has 0 aliphatic rings. The molecule has 6 heteroatoms. The molecule has 1 amide bonds. The summed E-state index contributed by atoms with van der Waals surface area (Å²) >= 11 is 0. The highest BCUT2D eigenvalue weighted by molar-refractivity contribution is 5.94. The molecule has 0 bridgehead atoms. The van der Waals surface area contributed by atoms with Crippen molar-refractivity contribution in [1.82, 2.24) is 15.1 Å². The number of nitrogens with one attached hydrogen (secondary N) is 1. The van der Waals surface area contributed by atoms with Gasteiger partial charge in [0.1, 0.15) is 12.3 Å². The molecule has 1 N–H and O–H groups in total. The molecule has 0 aliphatic heterocycles. The molecular formula is C21H21N3O3. The van der Waals surface area contributed by atoms with E-state index in [1.54, 1.807) is 41.9 Å². The smallest absolute Gasteiger partial charge is 0.308 e. The summed E-state index contributed by atoms with van der Waals surface area (Å²) in [5.74, 6) is -0.595. The Labute approximate surface area is 157 Å². The van der Waals surface area contributed by atoms with Gasteiger partial charge in [0.15, 0.2) is 0 Å². The lowest BCUT2D eigenvalue weighted by molar-refractivity contribution is -0.145. The van der Waals surface area contributed by atoms with Crippen molar-refractivity contribution >= 4 is 11.9 Å². The van der Waals surface area contributed by atoms with Crippen molar-refractivity contribution in [3.05, 3.63) is 84.2 Å². The van der Waals surface area contributed by atoms with Crippen LogP contribution in [0.2, 0.25) is 0 Å². The fourth-order valence-electron chi connectivity index (χ4n) is 2.57. The Morgan fingerprint density at radius 3 is 2.41 bits per heavy atom. The van der Waals surface area contributed by atoms with Crippen molar-refractivity contribution in [2.75, 3.05) is 0 Å². The van der Waals surface area contributed by atoms with Crippen LogP contribution < -0.4 is 5.32 Å². The number of aromatic nitrogens is 2. The number of esters is 1. The molecule has 138 valence electrons. The van der Waals surface area contributed by atoms with E-state index in [2.05, 4.69) is 10.4 Å². The lowest BCUT2D eigenvalue weighted by Crippen LogP contribution is -2.34. The van der Waals surface area contributed by atoms with E-state index < -0.39 is 0 Å². The van der Waals surface area contributed by atoms with E-state index in [9.17, 15) is 9.59 Å². The fraction of sp³-hybridized carbons (Fsp3) is 0.190. The van der Waals surface area contributed by atoms with E-state index in [-0.39, 0.29) is 30.9 Å². The Morgan fingerprint density at radius 2 is 1.70 bits per heavy atom. The summed E-state index contributed by atoms with van der Waals surface area (Å²) in [6.45, 7) is 1.87. The Hall–Kier alpha value is -3.41. The monoisotopic (exact) mass is 363 g/mol. The van der Waals surface area contributed by atoms with Gasteiger partial charge in [-0.1, -0.05) is 36.4 Å². The van der Waals surface area contributed by atoms with Crippen LogP contribution in [0.25, 0.3) is 5.69 Å². The molecule has 1 aromatic heterocycles. The molecule has 3 aromatic rings. The minimum absolute atomic E-state index is 0.0952. The van der Waals surface area contributed by atoms with Crippen LogP contribution in [0.1, 0.15) is 29.4 Å². The van der Waals surface area contributed by atoms with E-state index in [0.29, 0.717) is 11.3 Å². The van der Waals surface area contributed by atoms with Gasteiger partial charge < -0.3 is 10.1 Å². The number of hydrogen-bond donors (Lipinski definition) is 1. The van der Waals surface area contributed by atoms with E-state index in [1.807, 2.05) is 42.6 Å². The zero-order valence-corrected chi connectivity index (χ0v) is 15.0. The lowest BCUT2D eigenvalue weighted by Gasteiger charge is -2.13. The number of hydrogen-bond acceptors (Lipinski definition) is 4. The second-order valence-electron chi connectivity index (χ2n) is 6.19. The third-order valence-electron chi connectivity index (χ3n) is 3.93. The van der Waals surface area contributed by atoms with Crippen molar-refractivity contribution in [3.63, 3.8) is 0 Å². The summed E-state index contributed by atoms with van der Waals surface area (Å²) in [7, 11) is 0. The van der Waals surface area contributed by atoms with Gasteiger partial charge in [-0.05, 0) is 37.3 Å². The van der Waals surface area contributed by atoms with Gasteiger partial charge in [0.25, 0.3) is 5.91 Å². The van der Waals surface area contributed by atoms with Crippen LogP contribution >= 0.6 is 0 Å². The Balaban J connectivity index is 1.46. The molecule has 1 atom stereocenters. The van der Waals surface area contributed by atoms with Crippen LogP contribution in [-0.2, 0) is 16.1 Å². The minimum atomic E-state index is -0.384. The molecule has 0 saturated carbocycles. The topological polar surface area (TPSA) is 73.2 Å². The SMILES string of the molecule is CC(CC(=O)OCc1ccn(-c2ccccc2)n1)NC(=O)c1ccccc1. The van der Waals surface area contributed by atoms with Crippen LogP contribution in [0, 0.1) is 0 Å². The summed E-state index contributed by atoms with van der Waals surface area (Å²) in [5.41, 5.74) is 2.16. The summed E-state index contributed by atoms with van der Waals surface area (Å²) in [5, 5.41) is 7.18. The summed E-state index contributed by atoms with van der Waals surface area (Å²) < 4.78 is 7.00. The van der Waals surface area contributed by atoms with E-state index in [0.717, 1.165) is 5.69 Å². The first kappa shape index (κ1) is 18.4. The number of para-hydroxylation sites is 1. The molecule has 0 spiro atoms. The highest BCUT2D eigenvalue weighted by Gasteiger charge is 2.14. The van der Waals surface area contributed by atoms with E-state index in [4.69, 9.17) is 4.74 Å². The van der Waals surface area contributed by atoms with E-state index in [1.165, 1.54) is 0 Å². The molecule has 1 heterocycles. The molecule has 0 radical (unpaired) electrons. The van der Waals surface area contributed by atoms with Crippen molar-refractivity contribution in [2.24, 2.45) is 0 Å². The van der Waals surface area contributed by atoms with Crippen LogP contribution in [0.5, 0.6) is 0 Å². The van der Waals surface area contributed by atoms with Crippen LogP contribution in [0.4, 0.5) is 0 Å². The van der Waals surface area contributed by atoms with Crippen molar-refractivity contribution < 1.29 is 14.3 Å². The van der Waals surface area contributed by atoms with Gasteiger partial charge in [0.2, 0.25) is 0 Å². The predicted molar refractivity (Wildman–Crippen MR) is 101 cm³/mol. The first-order valence-electron chi connectivity index (χ1n) is 8.73. The molecule has 6 nitrogen and oxygen atoms in total. The fourth-order valence-corrected chi connectivity index (χ4v) is 2.57. The number of ether oxygens (including phenoxy) is 1. The van der Waals surface area contributed by atoms with Crippen molar-refractivity contribution in [3.8, 4) is 5.69 Å². The maximum absolute atomic E-state index is 12.1. The third-order valence-corrected chi connectivity index (χ3v) is 3.93. The number of rotatable bonds is 7. The van der Waals surface area contributed by atoms with Gasteiger partial charge in [-0.2, -0.15) is 5.10 Å². The van der Waals surface area contributed by atoms with Crippen molar-refractivity contribution in [2.45, 2.75) is 26.0 Å². The van der Waals surface area contributed by atoms with Gasteiger partial charge >= 0.3 is 5.97 Å². The number of amides is 1. The Bertz CT molecular complexity index is 891. The second kappa shape index (κ2) is 8.80. The molecule has 2 aromatic carbocycles. The highest BCUT2D eigenvalue weighted by Crippen LogP contribution is 2.08. The molecular weight excluding hydrogens is 342 g/mol. The molecule has 1 unspecified atom stereocenters.